The molecule has 0 amide bonds. The van der Waals surface area contributed by atoms with Crippen molar-refractivity contribution in [3.05, 3.63) is 105 Å². The average molecular weight is 511 g/mol. The van der Waals surface area contributed by atoms with Crippen molar-refractivity contribution in [1.82, 2.24) is 8.87 Å². The summed E-state index contributed by atoms with van der Waals surface area (Å²) in [6.45, 7) is 0. The molecule has 0 aliphatic heterocycles. The number of methoxy groups -OCH3 is 1. The number of carbonyl (C=O) groups excluding carboxylic acids is 1. The Morgan fingerprint density at radius 2 is 1.66 bits per heavy atom. The second kappa shape index (κ2) is 9.65. The van der Waals surface area contributed by atoms with Gasteiger partial charge in [0.2, 0.25) is 10.0 Å². The SMILES string of the molecule is COC(=O)c1c(Cc2ccc(S(=O)(=O)N(C)C)cc2)c(=O)c2ccc(Cl)cc2n1-c1ccccc1. The predicted octanol–water partition coefficient (Wildman–Crippen LogP) is 4.27. The van der Waals surface area contributed by atoms with Crippen molar-refractivity contribution in [3.63, 3.8) is 0 Å². The number of sulfonamides is 1. The Morgan fingerprint density at radius 1 is 1.00 bits per heavy atom. The Labute approximate surface area is 208 Å². The molecule has 0 N–H and O–H groups in total. The summed E-state index contributed by atoms with van der Waals surface area (Å²) in [7, 11) is 0.579. The van der Waals surface area contributed by atoms with Crippen LogP contribution in [-0.2, 0) is 21.2 Å². The molecule has 0 aliphatic carbocycles. The number of benzene rings is 3. The maximum absolute atomic E-state index is 13.6. The summed E-state index contributed by atoms with van der Waals surface area (Å²) in [6.07, 6.45) is 0.0942. The number of hydrogen-bond donors (Lipinski definition) is 0. The van der Waals surface area contributed by atoms with Crippen LogP contribution >= 0.6 is 11.6 Å². The number of halogens is 1. The first kappa shape index (κ1) is 24.7. The number of nitrogens with zero attached hydrogens (tertiary/aromatic N) is 2. The molecule has 4 rings (SSSR count). The molecule has 1 aromatic heterocycles. The van der Waals surface area contributed by atoms with E-state index in [-0.39, 0.29) is 28.0 Å². The first-order valence-corrected chi connectivity index (χ1v) is 12.5. The van der Waals surface area contributed by atoms with Gasteiger partial charge in [-0.1, -0.05) is 41.9 Å². The molecule has 0 saturated heterocycles. The van der Waals surface area contributed by atoms with E-state index in [2.05, 4.69) is 0 Å². The minimum atomic E-state index is -3.60. The summed E-state index contributed by atoms with van der Waals surface area (Å²) in [6, 6.07) is 20.3. The first-order valence-electron chi connectivity index (χ1n) is 10.7. The summed E-state index contributed by atoms with van der Waals surface area (Å²) in [5.74, 6) is -0.672. The Morgan fingerprint density at radius 3 is 2.26 bits per heavy atom. The highest BCUT2D eigenvalue weighted by Gasteiger charge is 2.25. The van der Waals surface area contributed by atoms with Gasteiger partial charge in [0.25, 0.3) is 0 Å². The topological polar surface area (TPSA) is 85.7 Å². The minimum Gasteiger partial charge on any atom is -0.464 e. The number of rotatable bonds is 6. The number of aromatic nitrogens is 1. The van der Waals surface area contributed by atoms with Crippen LogP contribution in [0.4, 0.5) is 0 Å². The van der Waals surface area contributed by atoms with E-state index in [1.807, 2.05) is 30.3 Å². The number of ether oxygens (including phenoxy) is 1. The van der Waals surface area contributed by atoms with Gasteiger partial charge < -0.3 is 9.30 Å². The molecule has 0 spiro atoms. The largest absolute Gasteiger partial charge is 0.464 e. The molecule has 3 aromatic carbocycles. The summed E-state index contributed by atoms with van der Waals surface area (Å²) in [5, 5.41) is 0.815. The van der Waals surface area contributed by atoms with Gasteiger partial charge in [0.1, 0.15) is 5.69 Å². The van der Waals surface area contributed by atoms with Crippen molar-refractivity contribution >= 4 is 38.5 Å². The van der Waals surface area contributed by atoms with Crippen molar-refractivity contribution in [3.8, 4) is 5.69 Å². The minimum absolute atomic E-state index is 0.0865. The third-order valence-electron chi connectivity index (χ3n) is 5.70. The van der Waals surface area contributed by atoms with Gasteiger partial charge in [-0.05, 0) is 48.0 Å². The third-order valence-corrected chi connectivity index (χ3v) is 7.77. The predicted molar refractivity (Wildman–Crippen MR) is 136 cm³/mol. The lowest BCUT2D eigenvalue weighted by Crippen LogP contribution is -2.24. The van der Waals surface area contributed by atoms with Gasteiger partial charge in [-0.25, -0.2) is 17.5 Å². The highest BCUT2D eigenvalue weighted by atomic mass is 35.5. The molecule has 0 saturated carbocycles. The summed E-state index contributed by atoms with van der Waals surface area (Å²) in [5.41, 5.74) is 1.80. The van der Waals surface area contributed by atoms with Gasteiger partial charge in [-0.2, -0.15) is 0 Å². The molecule has 180 valence electrons. The molecule has 0 fully saturated rings. The third kappa shape index (κ3) is 4.60. The zero-order valence-electron chi connectivity index (χ0n) is 19.4. The maximum Gasteiger partial charge on any atom is 0.355 e. The Balaban J connectivity index is 1.98. The van der Waals surface area contributed by atoms with Gasteiger partial charge in [0, 0.05) is 42.2 Å². The van der Waals surface area contributed by atoms with E-state index in [0.717, 1.165) is 4.31 Å². The van der Waals surface area contributed by atoms with E-state index in [9.17, 15) is 18.0 Å². The van der Waals surface area contributed by atoms with Crippen molar-refractivity contribution in [1.29, 1.82) is 0 Å². The molecule has 0 aliphatic rings. The lowest BCUT2D eigenvalue weighted by atomic mass is 9.99. The number of fused-ring (bicyclic) bond motifs is 1. The molecule has 1 heterocycles. The number of para-hydroxylation sites is 1. The highest BCUT2D eigenvalue weighted by molar-refractivity contribution is 7.89. The zero-order chi connectivity index (χ0) is 25.3. The van der Waals surface area contributed by atoms with Crippen molar-refractivity contribution in [2.24, 2.45) is 0 Å². The molecular formula is C26H23ClN2O5S. The quantitative estimate of drug-likeness (QED) is 0.362. The second-order valence-electron chi connectivity index (χ2n) is 8.09. The molecule has 9 heteroatoms. The number of hydrogen-bond acceptors (Lipinski definition) is 5. The van der Waals surface area contributed by atoms with Crippen LogP contribution in [0, 0.1) is 0 Å². The Bertz CT molecular complexity index is 1580. The lowest BCUT2D eigenvalue weighted by Gasteiger charge is -2.20. The van der Waals surface area contributed by atoms with Crippen LogP contribution in [0.25, 0.3) is 16.6 Å². The molecule has 4 aromatic rings. The molecule has 0 radical (unpaired) electrons. The first-order chi connectivity index (χ1) is 16.6. The Kier molecular flexibility index (Phi) is 6.80. The van der Waals surface area contributed by atoms with Crippen molar-refractivity contribution in [2.75, 3.05) is 21.2 Å². The van der Waals surface area contributed by atoms with Crippen LogP contribution in [0.3, 0.4) is 0 Å². The molecule has 0 atom stereocenters. The second-order valence-corrected chi connectivity index (χ2v) is 10.7. The van der Waals surface area contributed by atoms with Gasteiger partial charge in [-0.3, -0.25) is 4.79 Å². The van der Waals surface area contributed by atoms with E-state index in [1.54, 1.807) is 34.9 Å². The summed E-state index contributed by atoms with van der Waals surface area (Å²) in [4.78, 5) is 26.8. The lowest BCUT2D eigenvalue weighted by molar-refractivity contribution is 0.0590. The van der Waals surface area contributed by atoms with Crippen LogP contribution in [0.5, 0.6) is 0 Å². The number of carbonyl (C=O) groups is 1. The van der Waals surface area contributed by atoms with Crippen LogP contribution in [-0.4, -0.2) is 44.5 Å². The molecule has 0 unspecified atom stereocenters. The van der Waals surface area contributed by atoms with Gasteiger partial charge in [-0.15, -0.1) is 0 Å². The fourth-order valence-corrected chi connectivity index (χ4v) is 4.99. The van der Waals surface area contributed by atoms with Crippen LogP contribution in [0.2, 0.25) is 5.02 Å². The molecule has 7 nitrogen and oxygen atoms in total. The monoisotopic (exact) mass is 510 g/mol. The van der Waals surface area contributed by atoms with Gasteiger partial charge in [0.05, 0.1) is 17.5 Å². The molecule has 35 heavy (non-hydrogen) atoms. The summed E-state index contributed by atoms with van der Waals surface area (Å²) < 4.78 is 32.7. The normalized spacial score (nSPS) is 11.7. The van der Waals surface area contributed by atoms with E-state index in [1.165, 1.54) is 33.3 Å². The van der Waals surface area contributed by atoms with Gasteiger partial charge in [0.15, 0.2) is 5.43 Å². The van der Waals surface area contributed by atoms with Crippen LogP contribution in [0.1, 0.15) is 21.6 Å². The highest BCUT2D eigenvalue weighted by Crippen LogP contribution is 2.27. The van der Waals surface area contributed by atoms with E-state index in [4.69, 9.17) is 16.3 Å². The average Bonchev–Trinajstić information content (AvgIpc) is 2.85. The summed E-state index contributed by atoms with van der Waals surface area (Å²) >= 11 is 6.26. The van der Waals surface area contributed by atoms with Crippen molar-refractivity contribution in [2.45, 2.75) is 11.3 Å². The number of esters is 1. The fraction of sp³-hybridized carbons (Fsp3) is 0.154. The molecule has 0 bridgehead atoms. The van der Waals surface area contributed by atoms with Crippen molar-refractivity contribution < 1.29 is 17.9 Å². The van der Waals surface area contributed by atoms with Crippen LogP contribution in [0.15, 0.2) is 82.5 Å². The van der Waals surface area contributed by atoms with E-state index >= 15 is 0 Å². The zero-order valence-corrected chi connectivity index (χ0v) is 20.9. The van der Waals surface area contributed by atoms with E-state index < -0.39 is 16.0 Å². The standard InChI is InChI=1S/C26H23ClN2O5S/c1-28(2)35(32,33)20-12-9-17(10-13-20)15-22-24(26(31)34-3)29(19-7-5-4-6-8-19)23-16-18(27)11-14-21(23)25(22)30/h4-14,16H,15H2,1-3H3. The van der Waals surface area contributed by atoms with E-state index in [0.29, 0.717) is 27.2 Å². The fourth-order valence-electron chi connectivity index (χ4n) is 3.92. The van der Waals surface area contributed by atoms with Crippen LogP contribution < -0.4 is 5.43 Å². The maximum atomic E-state index is 13.6. The number of pyridine rings is 1. The smallest absolute Gasteiger partial charge is 0.355 e. The molecular weight excluding hydrogens is 488 g/mol. The van der Waals surface area contributed by atoms with Gasteiger partial charge >= 0.3 is 5.97 Å². The Hall–Kier alpha value is -3.46.